The monoisotopic (exact) mass is 263 g/mol. The lowest BCUT2D eigenvalue weighted by molar-refractivity contribution is -0.138. The normalized spacial score (nSPS) is 19.3. The molecule has 2 rings (SSSR count). The third-order valence-electron chi connectivity index (χ3n) is 3.37. The molecule has 1 aliphatic rings. The summed E-state index contributed by atoms with van der Waals surface area (Å²) in [6, 6.07) is 7.31. The highest BCUT2D eigenvalue weighted by atomic mass is 16.5. The Hall–Kier alpha value is -2.04. The molecule has 0 radical (unpaired) electrons. The summed E-state index contributed by atoms with van der Waals surface area (Å²) in [5.41, 5.74) is 0.833. The molecule has 0 bridgehead atoms. The second kappa shape index (κ2) is 5.73. The number of amides is 1. The van der Waals surface area contributed by atoms with Gasteiger partial charge in [0.1, 0.15) is 5.75 Å². The highest BCUT2D eigenvalue weighted by molar-refractivity contribution is 5.94. The Morgan fingerprint density at radius 3 is 2.63 bits per heavy atom. The van der Waals surface area contributed by atoms with E-state index in [0.29, 0.717) is 13.0 Å². The summed E-state index contributed by atoms with van der Waals surface area (Å²) in [6.07, 6.45) is 1.10. The van der Waals surface area contributed by atoms with Crippen molar-refractivity contribution in [3.05, 3.63) is 24.3 Å². The van der Waals surface area contributed by atoms with Crippen LogP contribution in [0.2, 0.25) is 0 Å². The molecule has 0 spiro atoms. The molecular weight excluding hydrogens is 246 g/mol. The van der Waals surface area contributed by atoms with Crippen LogP contribution in [0.25, 0.3) is 0 Å². The molecule has 0 aromatic heterocycles. The van der Waals surface area contributed by atoms with Gasteiger partial charge in [-0.25, -0.2) is 0 Å². The number of carbonyl (C=O) groups excluding carboxylic acids is 1. The molecule has 1 amide bonds. The van der Waals surface area contributed by atoms with Crippen molar-refractivity contribution in [3.8, 4) is 5.75 Å². The van der Waals surface area contributed by atoms with E-state index >= 15 is 0 Å². The Bertz CT molecular complexity index is 469. The first-order valence-corrected chi connectivity index (χ1v) is 6.26. The lowest BCUT2D eigenvalue weighted by Gasteiger charge is -2.31. The summed E-state index contributed by atoms with van der Waals surface area (Å²) < 4.78 is 5.08. The number of piperidine rings is 1. The maximum absolute atomic E-state index is 12.0. The fraction of sp³-hybridized carbons (Fsp3) is 0.429. The summed E-state index contributed by atoms with van der Waals surface area (Å²) in [7, 11) is 1.59. The smallest absolute Gasteiger partial charge is 0.303 e. The van der Waals surface area contributed by atoms with Crippen molar-refractivity contribution >= 4 is 17.6 Å². The van der Waals surface area contributed by atoms with Crippen LogP contribution in [0.5, 0.6) is 5.75 Å². The van der Waals surface area contributed by atoms with E-state index in [0.717, 1.165) is 17.9 Å². The van der Waals surface area contributed by atoms with Crippen LogP contribution < -0.4 is 9.64 Å². The van der Waals surface area contributed by atoms with Crippen molar-refractivity contribution in [2.45, 2.75) is 19.3 Å². The Labute approximate surface area is 111 Å². The van der Waals surface area contributed by atoms with Gasteiger partial charge in [-0.15, -0.1) is 0 Å². The van der Waals surface area contributed by atoms with E-state index < -0.39 is 5.97 Å². The number of hydrogen-bond donors (Lipinski definition) is 1. The Balaban J connectivity index is 2.02. The molecule has 1 atom stereocenters. The van der Waals surface area contributed by atoms with Crippen molar-refractivity contribution in [3.63, 3.8) is 0 Å². The lowest BCUT2D eigenvalue weighted by Crippen LogP contribution is -2.39. The molecule has 102 valence electrons. The van der Waals surface area contributed by atoms with E-state index in [1.165, 1.54) is 0 Å². The molecule has 1 aromatic carbocycles. The van der Waals surface area contributed by atoms with E-state index in [-0.39, 0.29) is 18.2 Å². The standard InChI is InChI=1S/C14H17NO4/c1-19-12-4-2-11(3-5-12)15-7-6-10(8-13(15)16)9-14(17)18/h2-5,10H,6-9H2,1H3,(H,17,18). The van der Waals surface area contributed by atoms with Gasteiger partial charge in [0.05, 0.1) is 7.11 Å². The topological polar surface area (TPSA) is 66.8 Å². The second-order valence-electron chi connectivity index (χ2n) is 4.70. The maximum Gasteiger partial charge on any atom is 0.303 e. The van der Waals surface area contributed by atoms with Gasteiger partial charge >= 0.3 is 5.97 Å². The van der Waals surface area contributed by atoms with E-state index in [4.69, 9.17) is 9.84 Å². The van der Waals surface area contributed by atoms with Gasteiger partial charge in [0.25, 0.3) is 0 Å². The first kappa shape index (κ1) is 13.4. The van der Waals surface area contributed by atoms with E-state index in [1.54, 1.807) is 12.0 Å². The predicted octanol–water partition coefficient (Wildman–Crippen LogP) is 1.91. The lowest BCUT2D eigenvalue weighted by atomic mass is 9.93. The van der Waals surface area contributed by atoms with Gasteiger partial charge in [0.15, 0.2) is 0 Å². The average molecular weight is 263 g/mol. The molecule has 5 heteroatoms. The molecule has 1 heterocycles. The van der Waals surface area contributed by atoms with Crippen molar-refractivity contribution in [2.24, 2.45) is 5.92 Å². The zero-order valence-electron chi connectivity index (χ0n) is 10.8. The molecule has 1 aliphatic heterocycles. The number of rotatable bonds is 4. The van der Waals surface area contributed by atoms with Gasteiger partial charge in [-0.1, -0.05) is 0 Å². The summed E-state index contributed by atoms with van der Waals surface area (Å²) in [6.45, 7) is 0.573. The first-order chi connectivity index (χ1) is 9.10. The minimum absolute atomic E-state index is 0.0114. The van der Waals surface area contributed by atoms with Crippen LogP contribution in [0.15, 0.2) is 24.3 Å². The van der Waals surface area contributed by atoms with E-state index in [9.17, 15) is 9.59 Å². The van der Waals surface area contributed by atoms with E-state index in [2.05, 4.69) is 0 Å². The average Bonchev–Trinajstić information content (AvgIpc) is 2.38. The Kier molecular flexibility index (Phi) is 4.04. The van der Waals surface area contributed by atoms with Crippen LogP contribution in [0, 0.1) is 5.92 Å². The number of carboxylic acid groups (broad SMARTS) is 1. The van der Waals surface area contributed by atoms with Crippen molar-refractivity contribution in [1.82, 2.24) is 0 Å². The largest absolute Gasteiger partial charge is 0.497 e. The number of benzene rings is 1. The number of carbonyl (C=O) groups is 2. The van der Waals surface area contributed by atoms with Crippen LogP contribution >= 0.6 is 0 Å². The fourth-order valence-electron chi connectivity index (χ4n) is 2.35. The summed E-state index contributed by atoms with van der Waals surface area (Å²) >= 11 is 0. The third-order valence-corrected chi connectivity index (χ3v) is 3.37. The van der Waals surface area contributed by atoms with Crippen LogP contribution in [-0.2, 0) is 9.59 Å². The molecule has 5 nitrogen and oxygen atoms in total. The minimum atomic E-state index is -0.837. The van der Waals surface area contributed by atoms with Crippen LogP contribution in [0.4, 0.5) is 5.69 Å². The molecule has 1 saturated heterocycles. The number of ether oxygens (including phenoxy) is 1. The quantitative estimate of drug-likeness (QED) is 0.901. The van der Waals surface area contributed by atoms with Crippen LogP contribution in [-0.4, -0.2) is 30.6 Å². The Morgan fingerprint density at radius 1 is 1.42 bits per heavy atom. The SMILES string of the molecule is COc1ccc(N2CCC(CC(=O)O)CC2=O)cc1. The zero-order valence-corrected chi connectivity index (χ0v) is 10.8. The zero-order chi connectivity index (χ0) is 13.8. The van der Waals surface area contributed by atoms with Crippen molar-refractivity contribution in [1.29, 1.82) is 0 Å². The fourth-order valence-corrected chi connectivity index (χ4v) is 2.35. The van der Waals surface area contributed by atoms with E-state index in [1.807, 2.05) is 24.3 Å². The van der Waals surface area contributed by atoms with Crippen molar-refractivity contribution < 1.29 is 19.4 Å². The number of nitrogens with zero attached hydrogens (tertiary/aromatic N) is 1. The summed E-state index contributed by atoms with van der Waals surface area (Å²) in [4.78, 5) is 24.4. The highest BCUT2D eigenvalue weighted by Crippen LogP contribution is 2.27. The molecule has 0 aliphatic carbocycles. The molecule has 1 unspecified atom stereocenters. The van der Waals surface area contributed by atoms with Crippen LogP contribution in [0.3, 0.4) is 0 Å². The molecule has 1 N–H and O–H groups in total. The van der Waals surface area contributed by atoms with Gasteiger partial charge in [0, 0.05) is 25.1 Å². The first-order valence-electron chi connectivity index (χ1n) is 6.26. The maximum atomic E-state index is 12.0. The molecule has 1 aromatic rings. The minimum Gasteiger partial charge on any atom is -0.497 e. The number of methoxy groups -OCH3 is 1. The van der Waals surface area contributed by atoms with Gasteiger partial charge < -0.3 is 14.7 Å². The number of aliphatic carboxylic acids is 1. The molecular formula is C14H17NO4. The van der Waals surface area contributed by atoms with Gasteiger partial charge in [0.2, 0.25) is 5.91 Å². The Morgan fingerprint density at radius 2 is 2.11 bits per heavy atom. The summed E-state index contributed by atoms with van der Waals surface area (Å²) in [5, 5.41) is 8.75. The third kappa shape index (κ3) is 3.24. The van der Waals surface area contributed by atoms with Gasteiger partial charge in [-0.3, -0.25) is 9.59 Å². The van der Waals surface area contributed by atoms with Crippen molar-refractivity contribution in [2.75, 3.05) is 18.6 Å². The summed E-state index contributed by atoms with van der Waals surface area (Å²) in [5.74, 6) is -0.144. The second-order valence-corrected chi connectivity index (χ2v) is 4.70. The molecule has 1 fully saturated rings. The number of carboxylic acids is 1. The van der Waals surface area contributed by atoms with Gasteiger partial charge in [-0.2, -0.15) is 0 Å². The molecule has 19 heavy (non-hydrogen) atoms. The van der Waals surface area contributed by atoms with Crippen LogP contribution in [0.1, 0.15) is 19.3 Å². The molecule has 0 saturated carbocycles. The predicted molar refractivity (Wildman–Crippen MR) is 70.3 cm³/mol. The number of hydrogen-bond acceptors (Lipinski definition) is 3. The van der Waals surface area contributed by atoms with Gasteiger partial charge in [-0.05, 0) is 36.6 Å². The number of anilines is 1. The highest BCUT2D eigenvalue weighted by Gasteiger charge is 2.28.